The number of para-hydroxylation sites is 2. The number of amides is 1. The molecule has 3 rings (SSSR count). The molecule has 0 aliphatic heterocycles. The van der Waals surface area contributed by atoms with Crippen LogP contribution in [0.15, 0.2) is 24.3 Å². The lowest BCUT2D eigenvalue weighted by Gasteiger charge is -2.29. The average Bonchev–Trinajstić information content (AvgIpc) is 3.09. The maximum absolute atomic E-state index is 12.8. The zero-order valence-corrected chi connectivity index (χ0v) is 15.4. The van der Waals surface area contributed by atoms with E-state index in [1.807, 2.05) is 24.3 Å². The average molecular weight is 357 g/mol. The van der Waals surface area contributed by atoms with Gasteiger partial charge in [-0.25, -0.2) is 4.98 Å². The number of aromatic nitrogens is 2. The summed E-state index contributed by atoms with van der Waals surface area (Å²) in [6.45, 7) is 4.21. The summed E-state index contributed by atoms with van der Waals surface area (Å²) in [6.07, 6.45) is 3.35. The number of hydrogen-bond acceptors (Lipinski definition) is 3. The molecule has 0 bridgehead atoms. The van der Waals surface area contributed by atoms with Gasteiger partial charge in [0.05, 0.1) is 23.0 Å². The molecular formula is C20H27N3O3. The summed E-state index contributed by atoms with van der Waals surface area (Å²) in [4.78, 5) is 31.9. The fourth-order valence-electron chi connectivity index (χ4n) is 3.71. The Kier molecular flexibility index (Phi) is 5.59. The number of aliphatic carboxylic acids is 1. The van der Waals surface area contributed by atoms with Gasteiger partial charge in [-0.05, 0) is 43.7 Å². The van der Waals surface area contributed by atoms with Gasteiger partial charge in [0.1, 0.15) is 5.82 Å². The van der Waals surface area contributed by atoms with E-state index in [9.17, 15) is 9.59 Å². The number of benzene rings is 1. The van der Waals surface area contributed by atoms with Crippen LogP contribution in [0.3, 0.4) is 0 Å². The van der Waals surface area contributed by atoms with Crippen LogP contribution < -0.4 is 5.32 Å². The third-order valence-corrected chi connectivity index (χ3v) is 5.66. The van der Waals surface area contributed by atoms with Gasteiger partial charge in [0.25, 0.3) is 0 Å². The van der Waals surface area contributed by atoms with E-state index >= 15 is 0 Å². The molecule has 6 heteroatoms. The quantitative estimate of drug-likeness (QED) is 0.735. The lowest BCUT2D eigenvalue weighted by Crippen LogP contribution is -2.39. The molecule has 1 heterocycles. The van der Waals surface area contributed by atoms with Crippen LogP contribution in [0, 0.1) is 17.8 Å². The van der Waals surface area contributed by atoms with Crippen molar-refractivity contribution in [3.63, 3.8) is 0 Å². The number of nitrogens with one attached hydrogen (secondary N) is 2. The van der Waals surface area contributed by atoms with Gasteiger partial charge in [-0.15, -0.1) is 0 Å². The van der Waals surface area contributed by atoms with E-state index in [-0.39, 0.29) is 29.7 Å². The van der Waals surface area contributed by atoms with Crippen molar-refractivity contribution >= 4 is 22.9 Å². The highest BCUT2D eigenvalue weighted by molar-refractivity contribution is 5.80. The number of H-pyrrole nitrogens is 1. The Morgan fingerprint density at radius 1 is 1.23 bits per heavy atom. The number of fused-ring (bicyclic) bond motifs is 1. The second-order valence-corrected chi connectivity index (χ2v) is 7.40. The molecule has 1 aliphatic rings. The zero-order valence-electron chi connectivity index (χ0n) is 15.4. The number of aromatic amines is 1. The zero-order chi connectivity index (χ0) is 18.7. The highest BCUT2D eigenvalue weighted by Gasteiger charge is 2.32. The van der Waals surface area contributed by atoms with Gasteiger partial charge in [0, 0.05) is 5.92 Å². The van der Waals surface area contributed by atoms with Crippen molar-refractivity contribution in [2.24, 2.45) is 17.8 Å². The van der Waals surface area contributed by atoms with Crippen LogP contribution in [0.1, 0.15) is 57.8 Å². The number of rotatable bonds is 6. The van der Waals surface area contributed by atoms with Crippen LogP contribution in [0.2, 0.25) is 0 Å². The van der Waals surface area contributed by atoms with Crippen molar-refractivity contribution < 1.29 is 14.7 Å². The third-order valence-electron chi connectivity index (χ3n) is 5.66. The first-order chi connectivity index (χ1) is 12.5. The predicted molar refractivity (Wildman–Crippen MR) is 99.5 cm³/mol. The van der Waals surface area contributed by atoms with E-state index in [2.05, 4.69) is 29.1 Å². The van der Waals surface area contributed by atoms with Gasteiger partial charge >= 0.3 is 5.97 Å². The monoisotopic (exact) mass is 357 g/mol. The van der Waals surface area contributed by atoms with Gasteiger partial charge < -0.3 is 15.4 Å². The lowest BCUT2D eigenvalue weighted by molar-refractivity contribution is -0.144. The number of nitrogens with zero attached hydrogens (tertiary/aromatic N) is 1. The molecular weight excluding hydrogens is 330 g/mol. The van der Waals surface area contributed by atoms with Crippen LogP contribution in [-0.2, 0) is 9.59 Å². The van der Waals surface area contributed by atoms with Crippen LogP contribution >= 0.6 is 0 Å². The Hall–Kier alpha value is -2.37. The number of carbonyl (C=O) groups is 2. The van der Waals surface area contributed by atoms with Crippen LogP contribution in [-0.4, -0.2) is 27.0 Å². The largest absolute Gasteiger partial charge is 0.481 e. The normalized spacial score (nSPS) is 22.7. The highest BCUT2D eigenvalue weighted by Crippen LogP contribution is 2.31. The van der Waals surface area contributed by atoms with Crippen LogP contribution in [0.25, 0.3) is 11.0 Å². The maximum atomic E-state index is 12.8. The minimum atomic E-state index is -0.747. The van der Waals surface area contributed by atoms with Crippen molar-refractivity contribution in [3.05, 3.63) is 30.1 Å². The molecule has 1 aromatic carbocycles. The molecule has 26 heavy (non-hydrogen) atoms. The predicted octanol–water partition coefficient (Wildman–Crippen LogP) is 3.66. The van der Waals surface area contributed by atoms with E-state index in [0.717, 1.165) is 23.3 Å². The molecule has 1 aromatic heterocycles. The van der Waals surface area contributed by atoms with Crippen LogP contribution in [0.5, 0.6) is 0 Å². The molecule has 1 amide bonds. The third kappa shape index (κ3) is 3.89. The topological polar surface area (TPSA) is 95.1 Å². The van der Waals surface area contributed by atoms with Crippen molar-refractivity contribution in [2.75, 3.05) is 0 Å². The second-order valence-electron chi connectivity index (χ2n) is 7.40. The molecule has 2 unspecified atom stereocenters. The Morgan fingerprint density at radius 2 is 1.88 bits per heavy atom. The van der Waals surface area contributed by atoms with Gasteiger partial charge in [-0.2, -0.15) is 0 Å². The summed E-state index contributed by atoms with van der Waals surface area (Å²) in [5.41, 5.74) is 1.86. The van der Waals surface area contributed by atoms with Crippen molar-refractivity contribution in [1.29, 1.82) is 0 Å². The summed E-state index contributed by atoms with van der Waals surface area (Å²) in [5.74, 6) is -0.118. The van der Waals surface area contributed by atoms with Gasteiger partial charge in [-0.3, -0.25) is 9.59 Å². The Labute approximate surface area is 153 Å². The summed E-state index contributed by atoms with van der Waals surface area (Å²) in [7, 11) is 0. The fraction of sp³-hybridized carbons (Fsp3) is 0.550. The smallest absolute Gasteiger partial charge is 0.306 e. The van der Waals surface area contributed by atoms with Crippen LogP contribution in [0.4, 0.5) is 0 Å². The highest BCUT2D eigenvalue weighted by atomic mass is 16.4. The Balaban J connectivity index is 1.72. The minimum absolute atomic E-state index is 0.0135. The van der Waals surface area contributed by atoms with E-state index < -0.39 is 5.97 Å². The number of carboxylic acid groups (broad SMARTS) is 1. The van der Waals surface area contributed by atoms with Crippen molar-refractivity contribution in [2.45, 2.75) is 52.0 Å². The van der Waals surface area contributed by atoms with Crippen molar-refractivity contribution in [3.8, 4) is 0 Å². The molecule has 6 nitrogen and oxygen atoms in total. The molecule has 0 saturated heterocycles. The number of hydrogen-bond donors (Lipinski definition) is 3. The number of carboxylic acids is 1. The first kappa shape index (κ1) is 18.4. The summed E-state index contributed by atoms with van der Waals surface area (Å²) in [6, 6.07) is 7.68. The molecule has 1 aliphatic carbocycles. The first-order valence-corrected chi connectivity index (χ1v) is 9.47. The molecule has 0 spiro atoms. The first-order valence-electron chi connectivity index (χ1n) is 9.47. The maximum Gasteiger partial charge on any atom is 0.306 e. The van der Waals surface area contributed by atoms with Gasteiger partial charge in [-0.1, -0.05) is 32.4 Å². The SMILES string of the molecule is CCC(C)C(NC(=O)C1CCC(C(=O)O)CC1)c1nc2ccccc2[nH]1. The van der Waals surface area contributed by atoms with Gasteiger partial charge in [0.2, 0.25) is 5.91 Å². The van der Waals surface area contributed by atoms with E-state index in [0.29, 0.717) is 25.7 Å². The number of imidazole rings is 1. The summed E-state index contributed by atoms with van der Waals surface area (Å²) >= 11 is 0. The van der Waals surface area contributed by atoms with Gasteiger partial charge in [0.15, 0.2) is 0 Å². The lowest BCUT2D eigenvalue weighted by atomic mass is 9.81. The fourth-order valence-corrected chi connectivity index (χ4v) is 3.71. The summed E-state index contributed by atoms with van der Waals surface area (Å²) < 4.78 is 0. The molecule has 140 valence electrons. The second kappa shape index (κ2) is 7.89. The summed E-state index contributed by atoms with van der Waals surface area (Å²) in [5, 5.41) is 12.3. The van der Waals surface area contributed by atoms with E-state index in [1.165, 1.54) is 0 Å². The molecule has 3 N–H and O–H groups in total. The number of carbonyl (C=O) groups excluding carboxylic acids is 1. The Morgan fingerprint density at radius 3 is 2.50 bits per heavy atom. The molecule has 2 aromatic rings. The molecule has 1 saturated carbocycles. The standard InChI is InChI=1S/C20H27N3O3/c1-3-12(2)17(18-21-15-6-4-5-7-16(15)22-18)23-19(24)13-8-10-14(11-9-13)20(25)26/h4-7,12-14,17H,3,8-11H2,1-2H3,(H,21,22)(H,23,24)(H,25,26). The molecule has 0 radical (unpaired) electrons. The Bertz CT molecular complexity index is 744. The van der Waals surface area contributed by atoms with Crippen molar-refractivity contribution in [1.82, 2.24) is 15.3 Å². The van der Waals surface area contributed by atoms with E-state index in [4.69, 9.17) is 5.11 Å². The minimum Gasteiger partial charge on any atom is -0.481 e. The van der Waals surface area contributed by atoms with E-state index in [1.54, 1.807) is 0 Å². The molecule has 2 atom stereocenters. The molecule has 1 fully saturated rings.